The van der Waals surface area contributed by atoms with Gasteiger partial charge in [0.15, 0.2) is 11.5 Å². The normalized spacial score (nSPS) is 10.7. The summed E-state index contributed by atoms with van der Waals surface area (Å²) in [4.78, 5) is 25.9. The lowest BCUT2D eigenvalue weighted by Gasteiger charge is -2.04. The minimum absolute atomic E-state index is 0.0295. The van der Waals surface area contributed by atoms with E-state index in [0.29, 0.717) is 5.82 Å². The lowest BCUT2D eigenvalue weighted by molar-refractivity contribution is -0.384. The number of carbonyl (C=O) groups excluding carboxylic acids is 1. The Morgan fingerprint density at radius 1 is 1.48 bits per heavy atom. The van der Waals surface area contributed by atoms with Crippen molar-refractivity contribution in [2.24, 2.45) is 0 Å². The van der Waals surface area contributed by atoms with Crippen LogP contribution in [0.4, 0.5) is 15.8 Å². The molecule has 0 radical (unpaired) electrons. The monoisotopic (exact) mass is 293 g/mol. The van der Waals surface area contributed by atoms with E-state index in [1.54, 1.807) is 0 Å². The predicted molar refractivity (Wildman–Crippen MR) is 71.5 cm³/mol. The van der Waals surface area contributed by atoms with Gasteiger partial charge in [0.05, 0.1) is 4.92 Å². The van der Waals surface area contributed by atoms with Crippen LogP contribution in [0.1, 0.15) is 36.2 Å². The molecule has 2 rings (SSSR count). The first-order chi connectivity index (χ1) is 9.90. The zero-order valence-corrected chi connectivity index (χ0v) is 11.3. The molecular weight excluding hydrogens is 281 g/mol. The highest BCUT2D eigenvalue weighted by Crippen LogP contribution is 2.27. The van der Waals surface area contributed by atoms with Crippen LogP contribution in [0, 0.1) is 15.9 Å². The van der Waals surface area contributed by atoms with E-state index in [2.05, 4.69) is 20.5 Å². The van der Waals surface area contributed by atoms with Gasteiger partial charge in [-0.05, 0) is 6.07 Å². The zero-order chi connectivity index (χ0) is 15.6. The second-order valence-electron chi connectivity index (χ2n) is 4.54. The molecule has 0 saturated carbocycles. The average Bonchev–Trinajstić information content (AvgIpc) is 2.90. The Hall–Kier alpha value is -2.84. The molecule has 1 heterocycles. The fourth-order valence-corrected chi connectivity index (χ4v) is 1.59. The summed E-state index contributed by atoms with van der Waals surface area (Å²) in [5.41, 5.74) is -1.05. The fourth-order valence-electron chi connectivity index (χ4n) is 1.59. The van der Waals surface area contributed by atoms with E-state index in [1.807, 2.05) is 13.8 Å². The Balaban J connectivity index is 2.29. The van der Waals surface area contributed by atoms with Gasteiger partial charge in [0.1, 0.15) is 5.82 Å². The van der Waals surface area contributed by atoms with Gasteiger partial charge >= 0.3 is 0 Å². The third kappa shape index (κ3) is 3.02. The van der Waals surface area contributed by atoms with Crippen molar-refractivity contribution in [3.63, 3.8) is 0 Å². The molecule has 0 bridgehead atoms. The smallest absolute Gasteiger partial charge is 0.295 e. The number of hydrogen-bond donors (Lipinski definition) is 2. The number of nitrogens with zero attached hydrogens (tertiary/aromatic N) is 3. The molecule has 1 amide bonds. The van der Waals surface area contributed by atoms with Crippen molar-refractivity contribution in [2.45, 2.75) is 19.8 Å². The number of aromatic nitrogens is 3. The minimum atomic E-state index is -0.905. The maximum Gasteiger partial charge on any atom is 0.295 e. The van der Waals surface area contributed by atoms with Crippen LogP contribution in [0.5, 0.6) is 0 Å². The number of hydrogen-bond acceptors (Lipinski definition) is 5. The number of benzene rings is 1. The third-order valence-corrected chi connectivity index (χ3v) is 2.68. The molecule has 0 aliphatic carbocycles. The van der Waals surface area contributed by atoms with Crippen LogP contribution in [0.2, 0.25) is 0 Å². The molecule has 9 heteroatoms. The van der Waals surface area contributed by atoms with Crippen LogP contribution < -0.4 is 5.32 Å². The Labute approximate surface area is 118 Å². The van der Waals surface area contributed by atoms with Crippen molar-refractivity contribution < 1.29 is 14.1 Å². The van der Waals surface area contributed by atoms with E-state index in [4.69, 9.17) is 0 Å². The molecule has 21 heavy (non-hydrogen) atoms. The number of H-pyrrole nitrogens is 1. The van der Waals surface area contributed by atoms with Crippen molar-refractivity contribution in [1.82, 2.24) is 15.2 Å². The van der Waals surface area contributed by atoms with Gasteiger partial charge in [-0.25, -0.2) is 9.37 Å². The van der Waals surface area contributed by atoms with E-state index < -0.39 is 28.0 Å². The zero-order valence-electron chi connectivity index (χ0n) is 11.3. The Bertz CT molecular complexity index is 698. The van der Waals surface area contributed by atoms with E-state index in [9.17, 15) is 19.3 Å². The first kappa shape index (κ1) is 14.6. The summed E-state index contributed by atoms with van der Waals surface area (Å²) in [6, 6.07) is 3.29. The summed E-state index contributed by atoms with van der Waals surface area (Å²) < 4.78 is 13.7. The van der Waals surface area contributed by atoms with Gasteiger partial charge in [0.25, 0.3) is 11.6 Å². The number of anilines is 1. The summed E-state index contributed by atoms with van der Waals surface area (Å²) in [5, 5.41) is 19.2. The number of carbonyl (C=O) groups is 1. The van der Waals surface area contributed by atoms with Crippen LogP contribution in [0.3, 0.4) is 0 Å². The number of rotatable bonds is 4. The number of para-hydroxylation sites is 1. The number of halogens is 1. The number of amides is 1. The van der Waals surface area contributed by atoms with Crippen molar-refractivity contribution in [3.05, 3.63) is 45.8 Å². The molecule has 110 valence electrons. The lowest BCUT2D eigenvalue weighted by Crippen LogP contribution is -2.16. The first-order valence-corrected chi connectivity index (χ1v) is 6.06. The van der Waals surface area contributed by atoms with Gasteiger partial charge in [-0.1, -0.05) is 19.9 Å². The molecular formula is C12H12FN5O3. The second kappa shape index (κ2) is 5.65. The van der Waals surface area contributed by atoms with Gasteiger partial charge in [-0.2, -0.15) is 0 Å². The average molecular weight is 293 g/mol. The maximum absolute atomic E-state index is 13.7. The highest BCUT2D eigenvalue weighted by molar-refractivity contribution is 6.02. The number of nitro groups is 1. The summed E-state index contributed by atoms with van der Waals surface area (Å²) in [6.45, 7) is 3.70. The SMILES string of the molecule is CC(C)c1nc(C(=O)Nc2c(F)cccc2[N+](=O)[O-])n[nH]1. The van der Waals surface area contributed by atoms with Crippen molar-refractivity contribution in [3.8, 4) is 0 Å². The van der Waals surface area contributed by atoms with Crippen LogP contribution in [0.15, 0.2) is 18.2 Å². The van der Waals surface area contributed by atoms with E-state index in [0.717, 1.165) is 12.1 Å². The summed E-state index contributed by atoms with van der Waals surface area (Å²) >= 11 is 0. The molecule has 2 aromatic rings. The largest absolute Gasteiger partial charge is 0.311 e. The third-order valence-electron chi connectivity index (χ3n) is 2.68. The van der Waals surface area contributed by atoms with Gasteiger partial charge in [0, 0.05) is 12.0 Å². The van der Waals surface area contributed by atoms with Gasteiger partial charge in [-0.15, -0.1) is 5.10 Å². The summed E-state index contributed by atoms with van der Waals surface area (Å²) in [6.07, 6.45) is 0. The Morgan fingerprint density at radius 3 is 2.76 bits per heavy atom. The molecule has 0 saturated heterocycles. The summed E-state index contributed by atoms with van der Waals surface area (Å²) in [7, 11) is 0. The van der Waals surface area contributed by atoms with Crippen molar-refractivity contribution >= 4 is 17.3 Å². The quantitative estimate of drug-likeness (QED) is 0.662. The van der Waals surface area contributed by atoms with Crippen LogP contribution in [-0.2, 0) is 0 Å². The lowest BCUT2D eigenvalue weighted by atomic mass is 10.2. The molecule has 2 N–H and O–H groups in total. The molecule has 0 atom stereocenters. The van der Waals surface area contributed by atoms with Crippen LogP contribution in [0.25, 0.3) is 0 Å². The highest BCUT2D eigenvalue weighted by atomic mass is 19.1. The van der Waals surface area contributed by atoms with Crippen molar-refractivity contribution in [2.75, 3.05) is 5.32 Å². The van der Waals surface area contributed by atoms with E-state index in [-0.39, 0.29) is 11.7 Å². The van der Waals surface area contributed by atoms with Crippen molar-refractivity contribution in [1.29, 1.82) is 0 Å². The van der Waals surface area contributed by atoms with Crippen LogP contribution >= 0.6 is 0 Å². The van der Waals surface area contributed by atoms with Gasteiger partial charge in [-0.3, -0.25) is 20.0 Å². The van der Waals surface area contributed by atoms with E-state index in [1.165, 1.54) is 6.07 Å². The van der Waals surface area contributed by atoms with Gasteiger partial charge < -0.3 is 5.32 Å². The molecule has 1 aromatic heterocycles. The molecule has 0 aliphatic rings. The maximum atomic E-state index is 13.7. The van der Waals surface area contributed by atoms with Gasteiger partial charge in [0.2, 0.25) is 5.82 Å². The summed E-state index contributed by atoms with van der Waals surface area (Å²) in [5.74, 6) is -1.43. The predicted octanol–water partition coefficient (Wildman–Crippen LogP) is 2.23. The molecule has 0 fully saturated rings. The molecule has 8 nitrogen and oxygen atoms in total. The fraction of sp³-hybridized carbons (Fsp3) is 0.250. The molecule has 1 aromatic carbocycles. The number of nitrogens with one attached hydrogen (secondary N) is 2. The second-order valence-corrected chi connectivity index (χ2v) is 4.54. The minimum Gasteiger partial charge on any atom is -0.311 e. The molecule has 0 aliphatic heterocycles. The number of nitro benzene ring substituents is 1. The van der Waals surface area contributed by atoms with Crippen LogP contribution in [-0.4, -0.2) is 26.0 Å². The first-order valence-electron chi connectivity index (χ1n) is 6.06. The highest BCUT2D eigenvalue weighted by Gasteiger charge is 2.22. The standard InChI is InChI=1S/C12H12FN5O3/c1-6(2)10-15-11(17-16-10)12(19)14-9-7(13)4-3-5-8(9)18(20)21/h3-6H,1-2H3,(H,14,19)(H,15,16,17). The van der Waals surface area contributed by atoms with E-state index >= 15 is 0 Å². The number of aromatic amines is 1. The molecule has 0 spiro atoms. The Kier molecular flexibility index (Phi) is 3.92. The Morgan fingerprint density at radius 2 is 2.19 bits per heavy atom. The molecule has 0 unspecified atom stereocenters. The topological polar surface area (TPSA) is 114 Å².